The summed E-state index contributed by atoms with van der Waals surface area (Å²) in [6.45, 7) is 0. The Hall–Kier alpha value is -2.24. The molecule has 0 amide bonds. The summed E-state index contributed by atoms with van der Waals surface area (Å²) in [5, 5.41) is 16.8. The summed E-state index contributed by atoms with van der Waals surface area (Å²) in [5.74, 6) is -1.05. The molecule has 17 heavy (non-hydrogen) atoms. The highest BCUT2D eigenvalue weighted by molar-refractivity contribution is 5.92. The Labute approximate surface area is 96.9 Å². The maximum absolute atomic E-state index is 11.1. The van der Waals surface area contributed by atoms with Gasteiger partial charge in [0.1, 0.15) is 5.69 Å². The second-order valence-electron chi connectivity index (χ2n) is 4.00. The van der Waals surface area contributed by atoms with Crippen molar-refractivity contribution in [2.45, 2.75) is 18.9 Å². The van der Waals surface area contributed by atoms with Gasteiger partial charge in [-0.1, -0.05) is 5.21 Å². The quantitative estimate of drug-likeness (QED) is 0.861. The van der Waals surface area contributed by atoms with E-state index in [-0.39, 0.29) is 5.69 Å². The van der Waals surface area contributed by atoms with Crippen LogP contribution in [0.4, 0.5) is 0 Å². The van der Waals surface area contributed by atoms with E-state index in [9.17, 15) is 4.79 Å². The highest BCUT2D eigenvalue weighted by atomic mass is 16.4. The average Bonchev–Trinajstić information content (AvgIpc) is 3.08. The predicted octanol–water partition coefficient (Wildman–Crippen LogP) is 1.37. The summed E-state index contributed by atoms with van der Waals surface area (Å²) in [6.07, 6.45) is 5.32. The van der Waals surface area contributed by atoms with Gasteiger partial charge in [-0.2, -0.15) is 0 Å². The third-order valence-electron chi connectivity index (χ3n) is 2.74. The fourth-order valence-electron chi connectivity index (χ4n) is 1.79. The number of hydrogen-bond donors (Lipinski definition) is 1. The van der Waals surface area contributed by atoms with E-state index in [0.717, 1.165) is 18.4 Å². The van der Waals surface area contributed by atoms with Gasteiger partial charge in [0.25, 0.3) is 0 Å². The van der Waals surface area contributed by atoms with Crippen LogP contribution >= 0.6 is 0 Å². The minimum absolute atomic E-state index is 0.00287. The molecule has 0 saturated heterocycles. The first-order chi connectivity index (χ1) is 8.27. The van der Waals surface area contributed by atoms with Crippen molar-refractivity contribution in [1.29, 1.82) is 0 Å². The van der Waals surface area contributed by atoms with Crippen molar-refractivity contribution in [1.82, 2.24) is 20.0 Å². The van der Waals surface area contributed by atoms with Crippen LogP contribution in [-0.4, -0.2) is 31.1 Å². The molecule has 0 bridgehead atoms. The molecular formula is C11H10N4O2. The van der Waals surface area contributed by atoms with Gasteiger partial charge in [0.15, 0.2) is 5.69 Å². The van der Waals surface area contributed by atoms with E-state index in [1.54, 1.807) is 29.2 Å². The van der Waals surface area contributed by atoms with Gasteiger partial charge in [0, 0.05) is 18.0 Å². The van der Waals surface area contributed by atoms with Gasteiger partial charge < -0.3 is 5.11 Å². The third kappa shape index (κ3) is 1.67. The number of nitrogens with zero attached hydrogens (tertiary/aromatic N) is 4. The van der Waals surface area contributed by atoms with Gasteiger partial charge in [-0.25, -0.2) is 9.48 Å². The summed E-state index contributed by atoms with van der Waals surface area (Å²) in [6, 6.07) is 3.83. The Balaban J connectivity index is 2.18. The Morgan fingerprint density at radius 1 is 1.35 bits per heavy atom. The number of carboxylic acids is 1. The monoisotopic (exact) mass is 230 g/mol. The molecule has 1 fully saturated rings. The molecule has 1 N–H and O–H groups in total. The van der Waals surface area contributed by atoms with Crippen molar-refractivity contribution in [3.63, 3.8) is 0 Å². The molecule has 86 valence electrons. The van der Waals surface area contributed by atoms with Crippen LogP contribution < -0.4 is 0 Å². The first-order valence-corrected chi connectivity index (χ1v) is 5.36. The van der Waals surface area contributed by atoms with Gasteiger partial charge in [-0.15, -0.1) is 5.10 Å². The highest BCUT2D eigenvalue weighted by Gasteiger charge is 2.31. The summed E-state index contributed by atoms with van der Waals surface area (Å²) in [4.78, 5) is 15.0. The first-order valence-electron chi connectivity index (χ1n) is 5.36. The Morgan fingerprint density at radius 3 is 2.65 bits per heavy atom. The third-order valence-corrected chi connectivity index (χ3v) is 2.74. The summed E-state index contributed by atoms with van der Waals surface area (Å²) in [7, 11) is 0. The van der Waals surface area contributed by atoms with Crippen molar-refractivity contribution < 1.29 is 9.90 Å². The average molecular weight is 230 g/mol. The molecule has 2 heterocycles. The first kappa shape index (κ1) is 9.95. The lowest BCUT2D eigenvalue weighted by atomic mass is 10.1. The summed E-state index contributed by atoms with van der Waals surface area (Å²) < 4.78 is 1.71. The van der Waals surface area contributed by atoms with E-state index in [2.05, 4.69) is 15.3 Å². The van der Waals surface area contributed by atoms with Crippen LogP contribution in [0.2, 0.25) is 0 Å². The number of rotatable bonds is 3. The normalized spacial score (nSPS) is 14.8. The molecule has 0 unspecified atom stereocenters. The number of aromatic nitrogens is 4. The van der Waals surface area contributed by atoms with Crippen LogP contribution in [0, 0.1) is 0 Å². The largest absolute Gasteiger partial charge is 0.476 e. The molecule has 6 nitrogen and oxygen atoms in total. The van der Waals surface area contributed by atoms with Crippen molar-refractivity contribution >= 4 is 5.97 Å². The molecule has 1 aliphatic rings. The minimum Gasteiger partial charge on any atom is -0.476 e. The van der Waals surface area contributed by atoms with Gasteiger partial charge in [0.05, 0.1) is 6.04 Å². The van der Waals surface area contributed by atoms with Gasteiger partial charge in [-0.3, -0.25) is 4.98 Å². The Morgan fingerprint density at radius 2 is 2.06 bits per heavy atom. The van der Waals surface area contributed by atoms with Crippen molar-refractivity contribution in [3.8, 4) is 11.3 Å². The van der Waals surface area contributed by atoms with E-state index in [4.69, 9.17) is 5.11 Å². The van der Waals surface area contributed by atoms with E-state index in [1.807, 2.05) is 0 Å². The van der Waals surface area contributed by atoms with Crippen LogP contribution in [-0.2, 0) is 0 Å². The maximum atomic E-state index is 11.1. The van der Waals surface area contributed by atoms with Gasteiger partial charge in [-0.05, 0) is 25.0 Å². The Kier molecular flexibility index (Phi) is 2.14. The van der Waals surface area contributed by atoms with Crippen molar-refractivity contribution in [2.75, 3.05) is 0 Å². The molecule has 2 aromatic rings. The van der Waals surface area contributed by atoms with Crippen LogP contribution in [0.5, 0.6) is 0 Å². The van der Waals surface area contributed by atoms with Crippen LogP contribution in [0.1, 0.15) is 29.4 Å². The molecule has 0 aromatic carbocycles. The minimum atomic E-state index is -1.05. The molecular weight excluding hydrogens is 220 g/mol. The fourth-order valence-corrected chi connectivity index (χ4v) is 1.79. The molecule has 0 radical (unpaired) electrons. The molecule has 0 spiro atoms. The Bertz CT molecular complexity index is 560. The lowest BCUT2D eigenvalue weighted by molar-refractivity contribution is 0.0691. The molecule has 1 saturated carbocycles. The summed E-state index contributed by atoms with van der Waals surface area (Å²) in [5.41, 5.74) is 1.36. The van der Waals surface area contributed by atoms with Crippen LogP contribution in [0.15, 0.2) is 24.5 Å². The number of carbonyl (C=O) groups is 1. The second kappa shape index (κ2) is 3.65. The van der Waals surface area contributed by atoms with E-state index in [0.29, 0.717) is 11.7 Å². The van der Waals surface area contributed by atoms with Crippen molar-refractivity contribution in [3.05, 3.63) is 30.2 Å². The number of hydrogen-bond acceptors (Lipinski definition) is 4. The van der Waals surface area contributed by atoms with E-state index in [1.165, 1.54) is 0 Å². The molecule has 1 aliphatic carbocycles. The molecule has 6 heteroatoms. The van der Waals surface area contributed by atoms with Gasteiger partial charge >= 0.3 is 5.97 Å². The van der Waals surface area contributed by atoms with Crippen molar-refractivity contribution in [2.24, 2.45) is 0 Å². The molecule has 0 atom stereocenters. The topological polar surface area (TPSA) is 80.9 Å². The predicted molar refractivity (Wildman–Crippen MR) is 58.5 cm³/mol. The zero-order valence-corrected chi connectivity index (χ0v) is 8.95. The smallest absolute Gasteiger partial charge is 0.358 e. The number of aromatic carboxylic acids is 1. The lowest BCUT2D eigenvalue weighted by Gasteiger charge is -2.04. The SMILES string of the molecule is O=C(O)c1nnn(C2CC2)c1-c1ccncc1. The van der Waals surface area contributed by atoms with E-state index < -0.39 is 5.97 Å². The van der Waals surface area contributed by atoms with Crippen LogP contribution in [0.3, 0.4) is 0 Å². The molecule has 3 rings (SSSR count). The highest BCUT2D eigenvalue weighted by Crippen LogP contribution is 2.38. The summed E-state index contributed by atoms with van der Waals surface area (Å²) >= 11 is 0. The lowest BCUT2D eigenvalue weighted by Crippen LogP contribution is -2.03. The van der Waals surface area contributed by atoms with E-state index >= 15 is 0 Å². The zero-order chi connectivity index (χ0) is 11.8. The zero-order valence-electron chi connectivity index (χ0n) is 8.95. The maximum Gasteiger partial charge on any atom is 0.358 e. The fraction of sp³-hybridized carbons (Fsp3) is 0.273. The standard InChI is InChI=1S/C11H10N4O2/c16-11(17)9-10(7-3-5-12-6-4-7)15(14-13-9)8-1-2-8/h3-6,8H,1-2H2,(H,16,17). The second-order valence-corrected chi connectivity index (χ2v) is 4.00. The molecule has 0 aliphatic heterocycles. The number of pyridine rings is 1. The molecule has 2 aromatic heterocycles. The van der Waals surface area contributed by atoms with Crippen LogP contribution in [0.25, 0.3) is 11.3 Å². The van der Waals surface area contributed by atoms with Gasteiger partial charge in [0.2, 0.25) is 0 Å². The number of carboxylic acid groups (broad SMARTS) is 1.